The van der Waals surface area contributed by atoms with Gasteiger partial charge in [0, 0.05) is 12.6 Å². The molecule has 10 nitrogen and oxygen atoms in total. The van der Waals surface area contributed by atoms with E-state index in [9.17, 15) is 29.3 Å². The summed E-state index contributed by atoms with van der Waals surface area (Å²) < 4.78 is 4.82. The van der Waals surface area contributed by atoms with Crippen LogP contribution in [0.5, 0.6) is 0 Å². The number of rotatable bonds is 9. The highest BCUT2D eigenvalue weighted by molar-refractivity contribution is 6.24. The number of nitrogens with one attached hydrogen (secondary N) is 1. The van der Waals surface area contributed by atoms with Crippen LogP contribution in [0, 0.1) is 10.1 Å². The van der Waals surface area contributed by atoms with Crippen molar-refractivity contribution in [1.29, 1.82) is 0 Å². The van der Waals surface area contributed by atoms with E-state index in [0.29, 0.717) is 17.9 Å². The van der Waals surface area contributed by atoms with Crippen LogP contribution in [0.1, 0.15) is 32.7 Å². The first-order chi connectivity index (χ1) is 14.9. The first-order valence-electron chi connectivity index (χ1n) is 9.48. The second-order valence-corrected chi connectivity index (χ2v) is 6.75. The number of carbonyl (C=O) groups is 4. The first kappa shape index (κ1) is 21.6. The molecule has 0 aromatic heterocycles. The number of aryl methyl sites for hydroxylation is 1. The minimum absolute atomic E-state index is 0.150. The van der Waals surface area contributed by atoms with E-state index in [1.165, 1.54) is 12.1 Å². The van der Waals surface area contributed by atoms with Gasteiger partial charge in [-0.15, -0.1) is 0 Å². The summed E-state index contributed by atoms with van der Waals surface area (Å²) in [5.41, 5.74) is 0.121. The Labute approximate surface area is 176 Å². The molecule has 0 unspecified atom stereocenters. The molecule has 0 bridgehead atoms. The Bertz CT molecular complexity index is 1040. The molecule has 0 radical (unpaired) electrons. The Morgan fingerprint density at radius 3 is 2.48 bits per heavy atom. The second kappa shape index (κ2) is 9.61. The summed E-state index contributed by atoms with van der Waals surface area (Å²) in [5, 5.41) is 13.7. The molecule has 0 spiro atoms. The van der Waals surface area contributed by atoms with Crippen LogP contribution in [0.4, 0.5) is 5.69 Å². The van der Waals surface area contributed by atoms with Gasteiger partial charge in [-0.1, -0.05) is 36.4 Å². The number of benzene rings is 2. The van der Waals surface area contributed by atoms with Crippen molar-refractivity contribution >= 4 is 29.4 Å². The first-order valence-corrected chi connectivity index (χ1v) is 9.48. The smallest absolute Gasteiger partial charge is 0.326 e. The van der Waals surface area contributed by atoms with Gasteiger partial charge in [-0.3, -0.25) is 34.2 Å². The highest BCUT2D eigenvalue weighted by Crippen LogP contribution is 2.30. The molecule has 0 atom stereocenters. The van der Waals surface area contributed by atoms with Crippen molar-refractivity contribution in [3.05, 3.63) is 75.3 Å². The summed E-state index contributed by atoms with van der Waals surface area (Å²) in [5.74, 6) is -3.27. The Morgan fingerprint density at radius 2 is 1.77 bits per heavy atom. The predicted molar refractivity (Wildman–Crippen MR) is 107 cm³/mol. The van der Waals surface area contributed by atoms with Gasteiger partial charge in [0.15, 0.2) is 6.61 Å². The van der Waals surface area contributed by atoms with E-state index >= 15 is 0 Å². The lowest BCUT2D eigenvalue weighted by atomic mass is 10.1. The predicted octanol–water partition coefficient (Wildman–Crippen LogP) is 1.48. The van der Waals surface area contributed by atoms with Crippen LogP contribution in [0.3, 0.4) is 0 Å². The summed E-state index contributed by atoms with van der Waals surface area (Å²) >= 11 is 0. The van der Waals surface area contributed by atoms with Gasteiger partial charge in [-0.05, 0) is 24.5 Å². The molecule has 2 aromatic carbocycles. The summed E-state index contributed by atoms with van der Waals surface area (Å²) in [7, 11) is 0. The second-order valence-electron chi connectivity index (χ2n) is 6.75. The van der Waals surface area contributed by atoms with Crippen molar-refractivity contribution in [3.63, 3.8) is 0 Å². The van der Waals surface area contributed by atoms with Crippen LogP contribution in [0.2, 0.25) is 0 Å². The number of carbonyl (C=O) groups excluding carboxylic acids is 4. The standard InChI is InChI=1S/C21H19N3O7/c25-17(22-11-5-8-14-6-2-1-3-7-14)13-31-18(26)12-23-20(27)15-9-4-10-16(24(29)30)19(15)21(23)28/h1-4,6-7,9-10H,5,8,11-13H2,(H,22,25). The van der Waals surface area contributed by atoms with E-state index < -0.39 is 47.5 Å². The molecule has 31 heavy (non-hydrogen) atoms. The number of nitro groups is 1. The molecule has 1 aliphatic heterocycles. The highest BCUT2D eigenvalue weighted by Gasteiger charge is 2.41. The maximum absolute atomic E-state index is 12.4. The molecule has 0 fully saturated rings. The lowest BCUT2D eigenvalue weighted by Crippen LogP contribution is -2.37. The zero-order valence-corrected chi connectivity index (χ0v) is 16.4. The van der Waals surface area contributed by atoms with E-state index in [2.05, 4.69) is 5.32 Å². The number of hydrogen-bond acceptors (Lipinski definition) is 7. The summed E-state index contributed by atoms with van der Waals surface area (Å²) in [6, 6.07) is 13.4. The molecule has 3 rings (SSSR count). The van der Waals surface area contributed by atoms with Crippen molar-refractivity contribution in [2.24, 2.45) is 0 Å². The fourth-order valence-electron chi connectivity index (χ4n) is 3.15. The maximum atomic E-state index is 12.4. The Hall–Kier alpha value is -4.08. The maximum Gasteiger partial charge on any atom is 0.326 e. The SMILES string of the molecule is O=C(COC(=O)CN1C(=O)c2cccc([N+](=O)[O-])c2C1=O)NCCCc1ccccc1. The number of fused-ring (bicyclic) bond motifs is 1. The third-order valence-electron chi connectivity index (χ3n) is 4.63. The zero-order chi connectivity index (χ0) is 22.4. The average Bonchev–Trinajstić information content (AvgIpc) is 3.01. The average molecular weight is 425 g/mol. The molecule has 10 heteroatoms. The fraction of sp³-hybridized carbons (Fsp3) is 0.238. The normalized spacial score (nSPS) is 12.5. The van der Waals surface area contributed by atoms with Crippen molar-refractivity contribution in [2.75, 3.05) is 19.7 Å². The van der Waals surface area contributed by atoms with Crippen molar-refractivity contribution in [3.8, 4) is 0 Å². The van der Waals surface area contributed by atoms with Crippen molar-refractivity contribution in [1.82, 2.24) is 10.2 Å². The molecule has 1 N–H and O–H groups in total. The largest absolute Gasteiger partial charge is 0.454 e. The van der Waals surface area contributed by atoms with E-state index in [-0.39, 0.29) is 11.1 Å². The van der Waals surface area contributed by atoms with Gasteiger partial charge in [0.25, 0.3) is 23.4 Å². The van der Waals surface area contributed by atoms with Gasteiger partial charge >= 0.3 is 5.97 Å². The van der Waals surface area contributed by atoms with E-state index in [1.54, 1.807) is 0 Å². The monoisotopic (exact) mass is 425 g/mol. The van der Waals surface area contributed by atoms with Gasteiger partial charge in [0.2, 0.25) is 0 Å². The zero-order valence-electron chi connectivity index (χ0n) is 16.4. The fourth-order valence-corrected chi connectivity index (χ4v) is 3.15. The number of ether oxygens (including phenoxy) is 1. The molecule has 3 amide bonds. The number of esters is 1. The minimum atomic E-state index is -0.975. The topological polar surface area (TPSA) is 136 Å². The summed E-state index contributed by atoms with van der Waals surface area (Å²) in [6.45, 7) is -0.911. The number of imide groups is 1. The molecule has 1 heterocycles. The summed E-state index contributed by atoms with van der Waals surface area (Å²) in [6.07, 6.45) is 1.49. The van der Waals surface area contributed by atoms with E-state index in [1.807, 2.05) is 30.3 Å². The number of amides is 3. The summed E-state index contributed by atoms with van der Waals surface area (Å²) in [4.78, 5) is 59.5. The van der Waals surface area contributed by atoms with Crippen LogP contribution < -0.4 is 5.32 Å². The van der Waals surface area contributed by atoms with Crippen molar-refractivity contribution in [2.45, 2.75) is 12.8 Å². The molecule has 2 aromatic rings. The Morgan fingerprint density at radius 1 is 1.03 bits per heavy atom. The molecular weight excluding hydrogens is 406 g/mol. The van der Waals surface area contributed by atoms with E-state index in [0.717, 1.165) is 18.1 Å². The van der Waals surface area contributed by atoms with Crippen LogP contribution in [0.15, 0.2) is 48.5 Å². The van der Waals surface area contributed by atoms with Gasteiger partial charge in [-0.2, -0.15) is 0 Å². The molecule has 0 saturated carbocycles. The molecule has 1 aliphatic rings. The van der Waals surface area contributed by atoms with Gasteiger partial charge in [0.05, 0.1) is 10.5 Å². The lowest BCUT2D eigenvalue weighted by molar-refractivity contribution is -0.385. The third-order valence-corrected chi connectivity index (χ3v) is 4.63. The van der Waals surface area contributed by atoms with Gasteiger partial charge in [0.1, 0.15) is 12.1 Å². The number of nitrogens with zero attached hydrogens (tertiary/aromatic N) is 2. The van der Waals surface area contributed by atoms with Crippen molar-refractivity contribution < 1.29 is 28.8 Å². The lowest BCUT2D eigenvalue weighted by Gasteiger charge is -2.13. The number of nitro benzene ring substituents is 1. The quantitative estimate of drug-likeness (QED) is 0.211. The highest BCUT2D eigenvalue weighted by atomic mass is 16.6. The van der Waals surface area contributed by atoms with E-state index in [4.69, 9.17) is 4.74 Å². The minimum Gasteiger partial charge on any atom is -0.454 e. The van der Waals surface area contributed by atoms with Crippen LogP contribution in [-0.4, -0.2) is 53.2 Å². The molecule has 160 valence electrons. The molecule has 0 aliphatic carbocycles. The number of hydrogen-bond donors (Lipinski definition) is 1. The van der Waals surface area contributed by atoms with Crippen LogP contribution in [0.25, 0.3) is 0 Å². The Balaban J connectivity index is 1.45. The van der Waals surface area contributed by atoms with Crippen LogP contribution >= 0.6 is 0 Å². The van der Waals surface area contributed by atoms with Crippen LogP contribution in [-0.2, 0) is 20.7 Å². The third kappa shape index (κ3) is 5.10. The van der Waals surface area contributed by atoms with Gasteiger partial charge in [-0.25, -0.2) is 0 Å². The van der Waals surface area contributed by atoms with Gasteiger partial charge < -0.3 is 10.1 Å². The Kier molecular flexibility index (Phi) is 6.71. The molecular formula is C21H19N3O7. The molecule has 0 saturated heterocycles.